The van der Waals surface area contributed by atoms with Crippen molar-refractivity contribution in [2.75, 3.05) is 20.3 Å². The van der Waals surface area contributed by atoms with E-state index in [1.54, 1.807) is 19.2 Å². The summed E-state index contributed by atoms with van der Waals surface area (Å²) >= 11 is 0. The number of benzene rings is 1. The molecule has 1 N–H and O–H groups in total. The lowest BCUT2D eigenvalue weighted by Crippen LogP contribution is -2.18. The predicted molar refractivity (Wildman–Crippen MR) is 73.5 cm³/mol. The van der Waals surface area contributed by atoms with E-state index in [-0.39, 0.29) is 5.82 Å². The van der Waals surface area contributed by atoms with Gasteiger partial charge in [0.1, 0.15) is 5.82 Å². The molecule has 102 valence electrons. The molecular formula is C15H19FN2O. The molecule has 0 fully saturated rings. The molecule has 0 aliphatic heterocycles. The highest BCUT2D eigenvalue weighted by atomic mass is 19.1. The van der Waals surface area contributed by atoms with E-state index in [0.29, 0.717) is 13.2 Å². The van der Waals surface area contributed by atoms with Crippen LogP contribution in [0, 0.1) is 5.82 Å². The first-order valence-electron chi connectivity index (χ1n) is 6.36. The van der Waals surface area contributed by atoms with E-state index in [4.69, 9.17) is 4.74 Å². The van der Waals surface area contributed by atoms with Gasteiger partial charge in [0.25, 0.3) is 0 Å². The first-order valence-corrected chi connectivity index (χ1v) is 6.36. The number of halogens is 1. The molecule has 1 aromatic heterocycles. The van der Waals surface area contributed by atoms with Crippen LogP contribution in [-0.4, -0.2) is 24.8 Å². The Labute approximate surface area is 113 Å². The normalized spacial score (nSPS) is 10.8. The maximum Gasteiger partial charge on any atom is 0.123 e. The molecular weight excluding hydrogens is 243 g/mol. The minimum atomic E-state index is -0.189. The highest BCUT2D eigenvalue weighted by Gasteiger charge is 1.99. The molecule has 0 aliphatic rings. The van der Waals surface area contributed by atoms with Gasteiger partial charge in [-0.15, -0.1) is 0 Å². The van der Waals surface area contributed by atoms with Crippen LogP contribution in [0.4, 0.5) is 4.39 Å². The molecule has 0 saturated carbocycles. The number of aromatic nitrogens is 1. The monoisotopic (exact) mass is 262 g/mol. The molecule has 0 unspecified atom stereocenters. The van der Waals surface area contributed by atoms with E-state index in [9.17, 15) is 4.39 Å². The minimum absolute atomic E-state index is 0.189. The third kappa shape index (κ3) is 4.50. The lowest BCUT2D eigenvalue weighted by atomic mass is 10.2. The van der Waals surface area contributed by atoms with Crippen LogP contribution in [0.25, 0.3) is 0 Å². The predicted octanol–water partition coefficient (Wildman–Crippen LogP) is 2.41. The van der Waals surface area contributed by atoms with Crippen LogP contribution in [0.2, 0.25) is 0 Å². The summed E-state index contributed by atoms with van der Waals surface area (Å²) in [7, 11) is 1.69. The highest BCUT2D eigenvalue weighted by molar-refractivity contribution is 5.18. The maximum atomic E-state index is 13.1. The average Bonchev–Trinajstić information content (AvgIpc) is 2.82. The lowest BCUT2D eigenvalue weighted by molar-refractivity contribution is 0.199. The number of rotatable bonds is 7. The molecule has 2 rings (SSSR count). The van der Waals surface area contributed by atoms with Gasteiger partial charge < -0.3 is 14.6 Å². The van der Waals surface area contributed by atoms with Crippen molar-refractivity contribution in [1.29, 1.82) is 0 Å². The van der Waals surface area contributed by atoms with Gasteiger partial charge in [0.15, 0.2) is 0 Å². The van der Waals surface area contributed by atoms with Crippen molar-refractivity contribution in [3.8, 4) is 0 Å². The van der Waals surface area contributed by atoms with Crippen LogP contribution in [-0.2, 0) is 17.8 Å². The Bertz CT molecular complexity index is 510. The van der Waals surface area contributed by atoms with Crippen molar-refractivity contribution in [2.24, 2.45) is 0 Å². The zero-order valence-electron chi connectivity index (χ0n) is 11.1. The van der Waals surface area contributed by atoms with E-state index in [1.165, 1.54) is 11.6 Å². The largest absolute Gasteiger partial charge is 0.383 e. The van der Waals surface area contributed by atoms with Gasteiger partial charge in [-0.05, 0) is 29.3 Å². The molecule has 0 amide bonds. The fraction of sp³-hybridized carbons (Fsp3) is 0.333. The third-order valence-electron chi connectivity index (χ3n) is 2.88. The quantitative estimate of drug-likeness (QED) is 0.776. The van der Waals surface area contributed by atoms with Crippen molar-refractivity contribution in [1.82, 2.24) is 9.88 Å². The highest BCUT2D eigenvalue weighted by Crippen LogP contribution is 2.08. The smallest absolute Gasteiger partial charge is 0.123 e. The number of hydrogen-bond acceptors (Lipinski definition) is 2. The van der Waals surface area contributed by atoms with E-state index < -0.39 is 0 Å². The van der Waals surface area contributed by atoms with Crippen molar-refractivity contribution in [3.05, 3.63) is 59.7 Å². The first-order chi connectivity index (χ1) is 9.28. The lowest BCUT2D eigenvalue weighted by Gasteiger charge is -2.04. The minimum Gasteiger partial charge on any atom is -0.383 e. The third-order valence-corrected chi connectivity index (χ3v) is 2.88. The van der Waals surface area contributed by atoms with E-state index >= 15 is 0 Å². The SMILES string of the molecule is COCCNCc1ccn(Cc2cccc(F)c2)c1. The molecule has 0 aliphatic carbocycles. The van der Waals surface area contributed by atoms with Gasteiger partial charge in [-0.3, -0.25) is 0 Å². The summed E-state index contributed by atoms with van der Waals surface area (Å²) < 4.78 is 20.1. The second-order valence-electron chi connectivity index (χ2n) is 4.49. The zero-order valence-corrected chi connectivity index (χ0v) is 11.1. The summed E-state index contributed by atoms with van der Waals surface area (Å²) in [5, 5.41) is 3.29. The number of nitrogens with one attached hydrogen (secondary N) is 1. The molecule has 19 heavy (non-hydrogen) atoms. The maximum absolute atomic E-state index is 13.1. The summed E-state index contributed by atoms with van der Waals surface area (Å²) in [5.41, 5.74) is 2.18. The summed E-state index contributed by atoms with van der Waals surface area (Å²) in [6, 6.07) is 8.76. The summed E-state index contributed by atoms with van der Waals surface area (Å²) in [5.74, 6) is -0.189. The van der Waals surface area contributed by atoms with E-state index in [1.807, 2.05) is 12.3 Å². The number of hydrogen-bond donors (Lipinski definition) is 1. The van der Waals surface area contributed by atoms with Crippen molar-refractivity contribution < 1.29 is 9.13 Å². The van der Waals surface area contributed by atoms with Crippen LogP contribution in [0.3, 0.4) is 0 Å². The van der Waals surface area contributed by atoms with Gasteiger partial charge in [0.2, 0.25) is 0 Å². The van der Waals surface area contributed by atoms with E-state index in [0.717, 1.165) is 18.7 Å². The Balaban J connectivity index is 1.87. The first kappa shape index (κ1) is 13.8. The fourth-order valence-electron chi connectivity index (χ4n) is 1.95. The number of nitrogens with zero attached hydrogens (tertiary/aromatic N) is 1. The number of methoxy groups -OCH3 is 1. The Morgan fingerprint density at radius 3 is 2.95 bits per heavy atom. The molecule has 3 nitrogen and oxygen atoms in total. The molecule has 0 saturated heterocycles. The second kappa shape index (κ2) is 7.07. The second-order valence-corrected chi connectivity index (χ2v) is 4.49. The van der Waals surface area contributed by atoms with Crippen LogP contribution in [0.15, 0.2) is 42.7 Å². The molecule has 4 heteroatoms. The zero-order chi connectivity index (χ0) is 13.5. The van der Waals surface area contributed by atoms with Gasteiger partial charge in [0.05, 0.1) is 6.61 Å². The Morgan fingerprint density at radius 1 is 1.26 bits per heavy atom. The molecule has 0 spiro atoms. The average molecular weight is 262 g/mol. The van der Waals surface area contributed by atoms with Crippen molar-refractivity contribution >= 4 is 0 Å². The van der Waals surface area contributed by atoms with Crippen LogP contribution >= 0.6 is 0 Å². The van der Waals surface area contributed by atoms with Gasteiger partial charge in [-0.1, -0.05) is 12.1 Å². The molecule has 0 atom stereocenters. The summed E-state index contributed by atoms with van der Waals surface area (Å²) in [6.07, 6.45) is 4.09. The van der Waals surface area contributed by atoms with Gasteiger partial charge in [-0.25, -0.2) is 4.39 Å². The Hall–Kier alpha value is -1.65. The summed E-state index contributed by atoms with van der Waals surface area (Å²) in [6.45, 7) is 3.06. The van der Waals surface area contributed by atoms with Gasteiger partial charge in [-0.2, -0.15) is 0 Å². The van der Waals surface area contributed by atoms with Crippen LogP contribution in [0.1, 0.15) is 11.1 Å². The van der Waals surface area contributed by atoms with Crippen molar-refractivity contribution in [2.45, 2.75) is 13.1 Å². The Kier molecular flexibility index (Phi) is 5.12. The van der Waals surface area contributed by atoms with Gasteiger partial charge in [0, 0.05) is 39.1 Å². The van der Waals surface area contributed by atoms with Gasteiger partial charge >= 0.3 is 0 Å². The molecule has 2 aromatic rings. The fourth-order valence-corrected chi connectivity index (χ4v) is 1.95. The standard InChI is InChI=1S/C15H19FN2O/c1-19-8-6-17-10-14-5-7-18(12-14)11-13-3-2-4-15(16)9-13/h2-5,7,9,12,17H,6,8,10-11H2,1H3. The van der Waals surface area contributed by atoms with Crippen LogP contribution in [0.5, 0.6) is 0 Å². The molecule has 1 heterocycles. The van der Waals surface area contributed by atoms with Crippen LogP contribution < -0.4 is 5.32 Å². The summed E-state index contributed by atoms with van der Waals surface area (Å²) in [4.78, 5) is 0. The molecule has 0 bridgehead atoms. The molecule has 0 radical (unpaired) electrons. The van der Waals surface area contributed by atoms with E-state index in [2.05, 4.69) is 22.1 Å². The van der Waals surface area contributed by atoms with Crippen molar-refractivity contribution in [3.63, 3.8) is 0 Å². The Morgan fingerprint density at radius 2 is 2.16 bits per heavy atom. The molecule has 1 aromatic carbocycles. The number of ether oxygens (including phenoxy) is 1. The topological polar surface area (TPSA) is 26.2 Å².